The minimum atomic E-state index is -0.664. The van der Waals surface area contributed by atoms with E-state index < -0.39 is 5.97 Å². The second-order valence-corrected chi connectivity index (χ2v) is 5.73. The molecule has 0 aromatic carbocycles. The van der Waals surface area contributed by atoms with Gasteiger partial charge in [0.15, 0.2) is 0 Å². The molecule has 2 nitrogen and oxygen atoms in total. The molecule has 0 heterocycles. The Kier molecular flexibility index (Phi) is 47.9. The number of carboxylic acids is 1. The first-order valence-corrected chi connectivity index (χ1v) is 8.64. The van der Waals surface area contributed by atoms with Crippen LogP contribution in [0.3, 0.4) is 0 Å². The normalized spacial score (nSPS) is 9.38. The fourth-order valence-corrected chi connectivity index (χ4v) is 2.35. The molecule has 0 spiro atoms. The summed E-state index contributed by atoms with van der Waals surface area (Å²) in [4.78, 5) is 10.3. The van der Waals surface area contributed by atoms with Gasteiger partial charge < -0.3 is 5.11 Å². The number of allylic oxidation sites excluding steroid dienone is 2. The third-order valence-corrected chi connectivity index (χ3v) is 3.65. The van der Waals surface area contributed by atoms with Gasteiger partial charge in [0, 0.05) is 6.42 Å². The van der Waals surface area contributed by atoms with E-state index in [0.717, 1.165) is 12.8 Å². The van der Waals surface area contributed by atoms with Crippen molar-refractivity contribution >= 4 is 73.9 Å². The Labute approximate surface area is 191 Å². The van der Waals surface area contributed by atoms with Gasteiger partial charge >= 0.3 is 5.97 Å². The molecule has 0 aliphatic carbocycles. The molecule has 0 saturated heterocycles. The van der Waals surface area contributed by atoms with Gasteiger partial charge in [-0.3, -0.25) is 4.79 Å². The lowest BCUT2D eigenvalue weighted by atomic mass is 10.1. The number of halogens is 4. The van der Waals surface area contributed by atoms with E-state index in [9.17, 15) is 4.79 Å². The van der Waals surface area contributed by atoms with Crippen molar-refractivity contribution in [1.82, 2.24) is 0 Å². The highest BCUT2D eigenvalue weighted by Crippen LogP contribution is 2.09. The van der Waals surface area contributed by atoms with E-state index in [1.807, 2.05) is 0 Å². The molecule has 0 rings (SSSR count). The van der Waals surface area contributed by atoms with Gasteiger partial charge in [-0.2, -0.15) is 0 Å². The van der Waals surface area contributed by atoms with E-state index in [1.54, 1.807) is 0 Å². The highest BCUT2D eigenvalue weighted by atomic mass is 79.9. The first-order chi connectivity index (χ1) is 9.77. The SMILES string of the molecule is Br.Br.Br.Br.CCCCCCCC/C=C\CCCCCCCC(=O)O. The molecular weight excluding hydrogens is 568 g/mol. The second-order valence-electron chi connectivity index (χ2n) is 5.73. The van der Waals surface area contributed by atoms with Crippen LogP contribution in [0, 0.1) is 0 Å². The monoisotopic (exact) mass is 602 g/mol. The summed E-state index contributed by atoms with van der Waals surface area (Å²) in [7, 11) is 0. The largest absolute Gasteiger partial charge is 0.481 e. The van der Waals surface area contributed by atoms with Crippen molar-refractivity contribution in [3.05, 3.63) is 12.2 Å². The highest BCUT2D eigenvalue weighted by molar-refractivity contribution is 8.93. The lowest BCUT2D eigenvalue weighted by Gasteiger charge is -1.99. The van der Waals surface area contributed by atoms with Crippen LogP contribution in [0.2, 0.25) is 0 Å². The molecule has 0 amide bonds. The molecule has 0 aromatic heterocycles. The van der Waals surface area contributed by atoms with Gasteiger partial charge in [-0.25, -0.2) is 0 Å². The number of rotatable bonds is 15. The standard InChI is InChI=1S/C18H34O2.4BrH/c1-2-3-4-5-6-7-8-9-10-11-12-13-14-15-16-17-18(19)20;;;;/h9-10H,2-8,11-17H2,1H3,(H,19,20);4*1H/b10-9-;;;;. The Morgan fingerprint density at radius 3 is 1.46 bits per heavy atom. The van der Waals surface area contributed by atoms with Crippen LogP contribution in [-0.2, 0) is 4.79 Å². The fraction of sp³-hybridized carbons (Fsp3) is 0.833. The smallest absolute Gasteiger partial charge is 0.303 e. The van der Waals surface area contributed by atoms with Crippen molar-refractivity contribution in [1.29, 1.82) is 0 Å². The molecule has 0 aliphatic rings. The zero-order valence-electron chi connectivity index (χ0n) is 15.0. The van der Waals surface area contributed by atoms with Gasteiger partial charge in [0.25, 0.3) is 0 Å². The van der Waals surface area contributed by atoms with E-state index in [1.165, 1.54) is 70.6 Å². The van der Waals surface area contributed by atoms with Crippen molar-refractivity contribution in [3.63, 3.8) is 0 Å². The predicted octanol–water partition coefficient (Wildman–Crippen LogP) is 8.42. The van der Waals surface area contributed by atoms with E-state index in [4.69, 9.17) is 5.11 Å². The maximum atomic E-state index is 10.3. The minimum Gasteiger partial charge on any atom is -0.481 e. The Hall–Kier alpha value is 1.13. The average Bonchev–Trinajstić information content (AvgIpc) is 2.43. The molecule has 0 radical (unpaired) electrons. The summed E-state index contributed by atoms with van der Waals surface area (Å²) in [5, 5.41) is 8.51. The van der Waals surface area contributed by atoms with Crippen LogP contribution in [0.4, 0.5) is 0 Å². The number of hydrogen-bond acceptors (Lipinski definition) is 1. The summed E-state index contributed by atoms with van der Waals surface area (Å²) in [6, 6.07) is 0. The maximum Gasteiger partial charge on any atom is 0.303 e. The Morgan fingerprint density at radius 1 is 0.667 bits per heavy atom. The quantitative estimate of drug-likeness (QED) is 0.150. The van der Waals surface area contributed by atoms with Gasteiger partial charge in [0.1, 0.15) is 0 Å². The molecular formula is C18H38Br4O2. The molecule has 150 valence electrons. The van der Waals surface area contributed by atoms with Crippen molar-refractivity contribution in [2.75, 3.05) is 0 Å². The fourth-order valence-electron chi connectivity index (χ4n) is 2.35. The Bertz CT molecular complexity index is 249. The van der Waals surface area contributed by atoms with Crippen molar-refractivity contribution in [2.45, 2.75) is 96.8 Å². The molecule has 0 atom stereocenters. The third kappa shape index (κ3) is 34.5. The van der Waals surface area contributed by atoms with E-state index in [0.29, 0.717) is 6.42 Å². The maximum absolute atomic E-state index is 10.3. The van der Waals surface area contributed by atoms with Crippen molar-refractivity contribution in [3.8, 4) is 0 Å². The highest BCUT2D eigenvalue weighted by Gasteiger charge is 1.95. The number of carboxylic acid groups (broad SMARTS) is 1. The summed E-state index contributed by atoms with van der Waals surface area (Å²) in [6.45, 7) is 2.26. The van der Waals surface area contributed by atoms with E-state index in [-0.39, 0.29) is 67.9 Å². The molecule has 0 aromatic rings. The summed E-state index contributed by atoms with van der Waals surface area (Å²) in [5.74, 6) is -0.664. The molecule has 0 aliphatic heterocycles. The molecule has 0 bridgehead atoms. The van der Waals surface area contributed by atoms with Gasteiger partial charge in [0.2, 0.25) is 0 Å². The van der Waals surface area contributed by atoms with Crippen LogP contribution in [0.15, 0.2) is 12.2 Å². The van der Waals surface area contributed by atoms with Crippen LogP contribution in [0.1, 0.15) is 96.8 Å². The average molecular weight is 606 g/mol. The first-order valence-electron chi connectivity index (χ1n) is 8.64. The lowest BCUT2D eigenvalue weighted by molar-refractivity contribution is -0.137. The molecule has 0 unspecified atom stereocenters. The van der Waals surface area contributed by atoms with Crippen LogP contribution >= 0.6 is 67.9 Å². The van der Waals surface area contributed by atoms with E-state index >= 15 is 0 Å². The Morgan fingerprint density at radius 2 is 1.04 bits per heavy atom. The zero-order valence-corrected chi connectivity index (χ0v) is 21.9. The minimum absolute atomic E-state index is 0. The molecule has 6 heteroatoms. The van der Waals surface area contributed by atoms with Crippen LogP contribution in [0.25, 0.3) is 0 Å². The van der Waals surface area contributed by atoms with Gasteiger partial charge in [-0.1, -0.05) is 70.4 Å². The molecule has 1 N–H and O–H groups in total. The summed E-state index contributed by atoms with van der Waals surface area (Å²) in [5.41, 5.74) is 0. The van der Waals surface area contributed by atoms with E-state index in [2.05, 4.69) is 19.1 Å². The number of hydrogen-bond donors (Lipinski definition) is 1. The number of unbranched alkanes of at least 4 members (excludes halogenated alkanes) is 11. The summed E-state index contributed by atoms with van der Waals surface area (Å²) < 4.78 is 0. The Balaban J connectivity index is -0.000000301. The molecule has 0 fully saturated rings. The van der Waals surface area contributed by atoms with Crippen LogP contribution in [-0.4, -0.2) is 11.1 Å². The summed E-state index contributed by atoms with van der Waals surface area (Å²) >= 11 is 0. The lowest BCUT2D eigenvalue weighted by Crippen LogP contribution is -1.93. The molecule has 0 saturated carbocycles. The number of carbonyl (C=O) groups is 1. The van der Waals surface area contributed by atoms with Gasteiger partial charge in [-0.05, 0) is 32.1 Å². The van der Waals surface area contributed by atoms with Crippen molar-refractivity contribution < 1.29 is 9.90 Å². The van der Waals surface area contributed by atoms with Gasteiger partial charge in [-0.15, -0.1) is 67.9 Å². The molecule has 24 heavy (non-hydrogen) atoms. The predicted molar refractivity (Wildman–Crippen MR) is 128 cm³/mol. The van der Waals surface area contributed by atoms with Crippen LogP contribution in [0.5, 0.6) is 0 Å². The third-order valence-electron chi connectivity index (χ3n) is 3.65. The van der Waals surface area contributed by atoms with Crippen LogP contribution < -0.4 is 0 Å². The first kappa shape index (κ1) is 36.1. The second kappa shape index (κ2) is 31.9. The topological polar surface area (TPSA) is 37.3 Å². The number of aliphatic carboxylic acids is 1. The summed E-state index contributed by atoms with van der Waals surface area (Å²) in [6.07, 6.45) is 21.2. The zero-order chi connectivity index (χ0) is 14.9. The van der Waals surface area contributed by atoms with Gasteiger partial charge in [0.05, 0.1) is 0 Å². The van der Waals surface area contributed by atoms with Crippen molar-refractivity contribution in [2.24, 2.45) is 0 Å².